The highest BCUT2D eigenvalue weighted by Gasteiger charge is 2.49. The van der Waals surface area contributed by atoms with E-state index in [-0.39, 0.29) is 0 Å². The first-order valence-electron chi connectivity index (χ1n) is 7.65. The van der Waals surface area contributed by atoms with Gasteiger partial charge in [-0.1, -0.05) is 51.4 Å². The minimum absolute atomic E-state index is 0.519. The van der Waals surface area contributed by atoms with Gasteiger partial charge in [-0.2, -0.15) is 0 Å². The summed E-state index contributed by atoms with van der Waals surface area (Å²) in [5, 5.41) is 0. The highest BCUT2D eigenvalue weighted by atomic mass is 16.8. The van der Waals surface area contributed by atoms with Gasteiger partial charge in [0, 0.05) is 6.42 Å². The quantitative estimate of drug-likeness (QED) is 0.316. The zero-order chi connectivity index (χ0) is 13.6. The van der Waals surface area contributed by atoms with Crippen LogP contribution < -0.4 is 0 Å². The zero-order valence-electron chi connectivity index (χ0n) is 12.0. The molecule has 1 saturated heterocycles. The van der Waals surface area contributed by atoms with Gasteiger partial charge in [-0.05, 0) is 12.3 Å². The Kier molecular flexibility index (Phi) is 5.49. The van der Waals surface area contributed by atoms with Crippen LogP contribution in [-0.2, 0) is 14.2 Å². The van der Waals surface area contributed by atoms with Crippen molar-refractivity contribution in [1.29, 1.82) is 0 Å². The van der Waals surface area contributed by atoms with Gasteiger partial charge in [-0.15, -0.1) is 0 Å². The SMILES string of the molecule is COC(=O)OC1(CCCCC2CCCCCC2)CO1. The first-order chi connectivity index (χ1) is 9.24. The maximum atomic E-state index is 11.1. The van der Waals surface area contributed by atoms with Crippen LogP contribution in [-0.4, -0.2) is 25.7 Å². The molecule has 1 aliphatic carbocycles. The standard InChI is InChI=1S/C15H26O4/c1-17-14(16)19-15(12-18-15)11-7-6-10-13-8-4-2-3-5-9-13/h13H,2-12H2,1H3. The van der Waals surface area contributed by atoms with E-state index in [1.807, 2.05) is 0 Å². The molecule has 0 bridgehead atoms. The minimum atomic E-state index is -0.656. The Morgan fingerprint density at radius 2 is 1.89 bits per heavy atom. The van der Waals surface area contributed by atoms with E-state index < -0.39 is 11.9 Å². The van der Waals surface area contributed by atoms with E-state index in [0.29, 0.717) is 6.61 Å². The lowest BCUT2D eigenvalue weighted by Crippen LogP contribution is -2.21. The molecule has 1 unspecified atom stereocenters. The van der Waals surface area contributed by atoms with E-state index in [4.69, 9.17) is 9.47 Å². The van der Waals surface area contributed by atoms with Crippen LogP contribution in [0.1, 0.15) is 64.2 Å². The van der Waals surface area contributed by atoms with Gasteiger partial charge >= 0.3 is 6.16 Å². The Bertz CT molecular complexity index is 278. The van der Waals surface area contributed by atoms with Gasteiger partial charge in [0.2, 0.25) is 5.79 Å². The third kappa shape index (κ3) is 5.01. The average Bonchev–Trinajstić information content (AvgIpc) is 3.20. The van der Waals surface area contributed by atoms with E-state index in [9.17, 15) is 4.79 Å². The predicted molar refractivity (Wildman–Crippen MR) is 71.8 cm³/mol. The topological polar surface area (TPSA) is 48.1 Å². The van der Waals surface area contributed by atoms with Crippen molar-refractivity contribution in [2.45, 2.75) is 70.0 Å². The van der Waals surface area contributed by atoms with Gasteiger partial charge in [-0.3, -0.25) is 0 Å². The summed E-state index contributed by atoms with van der Waals surface area (Å²) < 4.78 is 14.9. The van der Waals surface area contributed by atoms with E-state index in [1.54, 1.807) is 0 Å². The molecule has 1 aliphatic heterocycles. The van der Waals surface area contributed by atoms with E-state index in [1.165, 1.54) is 58.5 Å². The van der Waals surface area contributed by atoms with Crippen molar-refractivity contribution >= 4 is 6.16 Å². The molecule has 0 aromatic heterocycles. The molecule has 1 heterocycles. The van der Waals surface area contributed by atoms with Crippen molar-refractivity contribution < 1.29 is 19.0 Å². The molecule has 2 fully saturated rings. The molecule has 110 valence electrons. The van der Waals surface area contributed by atoms with E-state index >= 15 is 0 Å². The number of unbranched alkanes of at least 4 members (excludes halogenated alkanes) is 1. The predicted octanol–water partition coefficient (Wildman–Crippen LogP) is 4.03. The number of methoxy groups -OCH3 is 1. The molecular weight excluding hydrogens is 244 g/mol. The fourth-order valence-electron chi connectivity index (χ4n) is 3.01. The number of carbonyl (C=O) groups excluding carboxylic acids is 1. The van der Waals surface area contributed by atoms with Gasteiger partial charge in [0.25, 0.3) is 0 Å². The molecule has 0 N–H and O–H groups in total. The Balaban J connectivity index is 1.57. The molecule has 0 aromatic carbocycles. The summed E-state index contributed by atoms with van der Waals surface area (Å²) in [4.78, 5) is 11.1. The third-order valence-electron chi connectivity index (χ3n) is 4.30. The van der Waals surface area contributed by atoms with Crippen LogP contribution in [0, 0.1) is 5.92 Å². The molecule has 0 radical (unpaired) electrons. The number of hydrogen-bond donors (Lipinski definition) is 0. The number of ether oxygens (including phenoxy) is 3. The maximum Gasteiger partial charge on any atom is 0.510 e. The molecule has 0 spiro atoms. The zero-order valence-corrected chi connectivity index (χ0v) is 12.0. The highest BCUT2D eigenvalue weighted by Crippen LogP contribution is 2.35. The molecular formula is C15H26O4. The van der Waals surface area contributed by atoms with Crippen molar-refractivity contribution in [1.82, 2.24) is 0 Å². The van der Waals surface area contributed by atoms with Gasteiger partial charge in [0.05, 0.1) is 7.11 Å². The van der Waals surface area contributed by atoms with Crippen molar-refractivity contribution in [3.63, 3.8) is 0 Å². The molecule has 19 heavy (non-hydrogen) atoms. The van der Waals surface area contributed by atoms with Crippen LogP contribution in [0.25, 0.3) is 0 Å². The molecule has 1 saturated carbocycles. The number of hydrogen-bond acceptors (Lipinski definition) is 4. The van der Waals surface area contributed by atoms with Crippen LogP contribution in [0.4, 0.5) is 4.79 Å². The van der Waals surface area contributed by atoms with Crippen molar-refractivity contribution in [3.8, 4) is 0 Å². The summed E-state index contributed by atoms with van der Waals surface area (Å²) in [5.74, 6) is 0.261. The molecule has 0 amide bonds. The molecule has 4 heteroatoms. The monoisotopic (exact) mass is 270 g/mol. The lowest BCUT2D eigenvalue weighted by molar-refractivity contribution is -0.0325. The van der Waals surface area contributed by atoms with Gasteiger partial charge < -0.3 is 14.2 Å². The first-order valence-corrected chi connectivity index (χ1v) is 7.65. The van der Waals surface area contributed by atoms with Crippen LogP contribution in [0.15, 0.2) is 0 Å². The van der Waals surface area contributed by atoms with Gasteiger partial charge in [0.15, 0.2) is 0 Å². The molecule has 1 atom stereocenters. The fourth-order valence-corrected chi connectivity index (χ4v) is 3.01. The highest BCUT2D eigenvalue weighted by molar-refractivity contribution is 5.60. The third-order valence-corrected chi connectivity index (χ3v) is 4.30. The van der Waals surface area contributed by atoms with Crippen molar-refractivity contribution in [3.05, 3.63) is 0 Å². The van der Waals surface area contributed by atoms with Crippen LogP contribution in [0.5, 0.6) is 0 Å². The Hall–Kier alpha value is -0.770. The summed E-state index contributed by atoms with van der Waals surface area (Å²) in [7, 11) is 1.32. The maximum absolute atomic E-state index is 11.1. The summed E-state index contributed by atoms with van der Waals surface area (Å²) >= 11 is 0. The number of epoxide rings is 1. The lowest BCUT2D eigenvalue weighted by atomic mass is 9.93. The number of carbonyl (C=O) groups is 1. The second-order valence-corrected chi connectivity index (χ2v) is 5.86. The second-order valence-electron chi connectivity index (χ2n) is 5.86. The lowest BCUT2D eigenvalue weighted by Gasteiger charge is -2.15. The number of rotatable bonds is 6. The fraction of sp³-hybridized carbons (Fsp3) is 0.933. The second kappa shape index (κ2) is 7.13. The van der Waals surface area contributed by atoms with Crippen LogP contribution >= 0.6 is 0 Å². The molecule has 0 aromatic rings. The Labute approximate surface area is 115 Å². The molecule has 4 nitrogen and oxygen atoms in total. The largest absolute Gasteiger partial charge is 0.510 e. The van der Waals surface area contributed by atoms with Crippen molar-refractivity contribution in [2.24, 2.45) is 5.92 Å². The summed E-state index contributed by atoms with van der Waals surface area (Å²) in [5.41, 5.74) is 0. The van der Waals surface area contributed by atoms with E-state index in [2.05, 4.69) is 4.74 Å². The van der Waals surface area contributed by atoms with Crippen LogP contribution in [0.2, 0.25) is 0 Å². The van der Waals surface area contributed by atoms with E-state index in [0.717, 1.165) is 18.8 Å². The average molecular weight is 270 g/mol. The normalized spacial score (nSPS) is 27.6. The first kappa shape index (κ1) is 14.6. The van der Waals surface area contributed by atoms with Gasteiger partial charge in [-0.25, -0.2) is 4.79 Å². The van der Waals surface area contributed by atoms with Gasteiger partial charge in [0.1, 0.15) is 6.61 Å². The minimum Gasteiger partial charge on any atom is -0.438 e. The summed E-state index contributed by atoms with van der Waals surface area (Å²) in [6.07, 6.45) is 12.2. The van der Waals surface area contributed by atoms with Crippen LogP contribution in [0.3, 0.4) is 0 Å². The molecule has 2 aliphatic rings. The molecule has 2 rings (SSSR count). The Morgan fingerprint density at radius 1 is 1.21 bits per heavy atom. The smallest absolute Gasteiger partial charge is 0.438 e. The Morgan fingerprint density at radius 3 is 2.47 bits per heavy atom. The summed E-state index contributed by atoms with van der Waals surface area (Å²) in [6, 6.07) is 0. The van der Waals surface area contributed by atoms with Crippen molar-refractivity contribution in [2.75, 3.05) is 13.7 Å². The summed E-state index contributed by atoms with van der Waals surface area (Å²) in [6.45, 7) is 0.519.